The Morgan fingerprint density at radius 1 is 0.544 bits per heavy atom. The summed E-state index contributed by atoms with van der Waals surface area (Å²) in [4.78, 5) is 10.3. The van der Waals surface area contributed by atoms with E-state index in [9.17, 15) is 0 Å². The Morgan fingerprint density at radius 2 is 1.12 bits per heavy atom. The summed E-state index contributed by atoms with van der Waals surface area (Å²) < 4.78 is 16.5. The van der Waals surface area contributed by atoms with Crippen molar-refractivity contribution in [3.8, 4) is 16.8 Å². The summed E-state index contributed by atoms with van der Waals surface area (Å²) in [5.41, 5.74) is 13.0. The van der Waals surface area contributed by atoms with Crippen molar-refractivity contribution in [2.45, 2.75) is 19.0 Å². The van der Waals surface area contributed by atoms with Gasteiger partial charge in [-0.2, -0.15) is 0 Å². The molecular weight excluding hydrogens is 701 g/mol. The highest BCUT2D eigenvalue weighted by atomic mass is 16.3. The minimum Gasteiger partial charge on any atom is -0.455 e. The molecule has 0 saturated heterocycles. The number of amidine groups is 2. The van der Waals surface area contributed by atoms with Gasteiger partial charge in [0.1, 0.15) is 28.8 Å². The summed E-state index contributed by atoms with van der Waals surface area (Å²) in [6.45, 7) is 0. The van der Waals surface area contributed by atoms with Gasteiger partial charge in [0.25, 0.3) is 0 Å². The van der Waals surface area contributed by atoms with Crippen LogP contribution in [0.25, 0.3) is 77.7 Å². The number of rotatable bonds is 5. The van der Waals surface area contributed by atoms with E-state index in [1.54, 1.807) is 0 Å². The Bertz CT molecular complexity index is 3330. The lowest BCUT2D eigenvalue weighted by atomic mass is 9.99. The van der Waals surface area contributed by atoms with E-state index in [1.807, 2.05) is 36.4 Å². The zero-order valence-corrected chi connectivity index (χ0v) is 30.8. The van der Waals surface area contributed by atoms with Gasteiger partial charge >= 0.3 is 0 Å². The third kappa shape index (κ3) is 4.90. The molecule has 0 radical (unpaired) electrons. The minimum absolute atomic E-state index is 0.314. The molecule has 1 unspecified atom stereocenters. The monoisotopic (exact) mass is 734 g/mol. The summed E-state index contributed by atoms with van der Waals surface area (Å²) in [6, 6.07) is 54.8. The van der Waals surface area contributed by atoms with Gasteiger partial charge in [0.05, 0.1) is 16.8 Å². The van der Waals surface area contributed by atoms with Crippen LogP contribution in [-0.4, -0.2) is 16.2 Å². The number of fused-ring (bicyclic) bond motifs is 9. The molecule has 4 heterocycles. The molecule has 270 valence electrons. The minimum atomic E-state index is -0.314. The molecule has 1 aliphatic heterocycles. The lowest BCUT2D eigenvalue weighted by molar-refractivity contribution is 0.660. The Labute approximate surface area is 327 Å². The van der Waals surface area contributed by atoms with E-state index in [1.165, 1.54) is 22.2 Å². The third-order valence-electron chi connectivity index (χ3n) is 11.6. The van der Waals surface area contributed by atoms with E-state index < -0.39 is 0 Å². The van der Waals surface area contributed by atoms with E-state index in [0.29, 0.717) is 5.84 Å². The first-order valence-corrected chi connectivity index (χ1v) is 19.5. The van der Waals surface area contributed by atoms with Crippen molar-refractivity contribution in [1.82, 2.24) is 9.88 Å². The Kier molecular flexibility index (Phi) is 7.01. The molecule has 7 aromatic carbocycles. The van der Waals surface area contributed by atoms with Crippen LogP contribution >= 0.6 is 0 Å². The second kappa shape index (κ2) is 12.5. The molecule has 3 aromatic heterocycles. The number of nitrogens with zero attached hydrogens (tertiary/aromatic N) is 3. The standard InChI is InChI=1S/C51H34N4O2/c1-3-15-31(16-4-1)49-52-50(32-17-5-2-6-18-32)54-51(53-49)41-27-13-25-38-37-23-11-21-35(45(37)56-47(38)41)36-22-12-24-39-40-26-14-30-44(48(40)57-46(36)39)55-42-28-9-7-19-33(42)34-20-8-10-29-43(34)55/h1-9,11-28,30,49H,10,29H2,(H,52,53,54). The van der Waals surface area contributed by atoms with Crippen molar-refractivity contribution < 1.29 is 8.83 Å². The number of hydrogen-bond acceptors (Lipinski definition) is 5. The maximum absolute atomic E-state index is 7.06. The van der Waals surface area contributed by atoms with E-state index in [0.717, 1.165) is 96.1 Å². The molecule has 12 rings (SSSR count). The lowest BCUT2D eigenvalue weighted by Crippen LogP contribution is -2.33. The first kappa shape index (κ1) is 31.9. The zero-order valence-electron chi connectivity index (χ0n) is 30.8. The molecular formula is C51H34N4O2. The maximum Gasteiger partial charge on any atom is 0.163 e. The van der Waals surface area contributed by atoms with Gasteiger partial charge < -0.3 is 18.7 Å². The van der Waals surface area contributed by atoms with Crippen molar-refractivity contribution in [1.29, 1.82) is 0 Å². The predicted molar refractivity (Wildman–Crippen MR) is 232 cm³/mol. The number of furan rings is 2. The summed E-state index contributed by atoms with van der Waals surface area (Å²) in [5, 5.41) is 9.03. The quantitative estimate of drug-likeness (QED) is 0.191. The third-order valence-corrected chi connectivity index (χ3v) is 11.6. The summed E-state index contributed by atoms with van der Waals surface area (Å²) in [6.07, 6.45) is 6.25. The number of para-hydroxylation sites is 5. The molecule has 1 atom stereocenters. The van der Waals surface area contributed by atoms with Crippen molar-refractivity contribution in [2.24, 2.45) is 9.98 Å². The zero-order chi connectivity index (χ0) is 37.5. The fourth-order valence-electron chi connectivity index (χ4n) is 8.97. The van der Waals surface area contributed by atoms with Gasteiger partial charge in [-0.1, -0.05) is 152 Å². The number of benzene rings is 7. The van der Waals surface area contributed by atoms with Crippen LogP contribution in [0.15, 0.2) is 183 Å². The normalized spacial score (nSPS) is 15.3. The molecule has 1 N–H and O–H groups in total. The van der Waals surface area contributed by atoms with Crippen molar-refractivity contribution in [3.05, 3.63) is 192 Å². The van der Waals surface area contributed by atoms with E-state index in [4.69, 9.17) is 18.8 Å². The lowest BCUT2D eigenvalue weighted by Gasteiger charge is -2.23. The Balaban J connectivity index is 1.05. The summed E-state index contributed by atoms with van der Waals surface area (Å²) in [5.74, 6) is 1.39. The number of aliphatic imine (C=N–C) groups is 2. The fraction of sp³-hybridized carbons (Fsp3) is 0.0588. The van der Waals surface area contributed by atoms with Gasteiger partial charge in [0, 0.05) is 54.9 Å². The molecule has 0 bridgehead atoms. The van der Waals surface area contributed by atoms with E-state index in [-0.39, 0.29) is 6.17 Å². The Morgan fingerprint density at radius 3 is 1.86 bits per heavy atom. The molecule has 0 fully saturated rings. The van der Waals surface area contributed by atoms with E-state index >= 15 is 0 Å². The van der Waals surface area contributed by atoms with Gasteiger partial charge in [-0.25, -0.2) is 9.98 Å². The number of nitrogens with one attached hydrogen (secondary N) is 1. The van der Waals surface area contributed by atoms with Crippen LogP contribution in [0.3, 0.4) is 0 Å². The summed E-state index contributed by atoms with van der Waals surface area (Å²) >= 11 is 0. The SMILES string of the molecule is C1=Cc2c(n(-c3cccc4c3oc3c(-c5cccc6c5oc5c(C7=NC(c8ccccc8)NC(c8ccccc8)=N7)cccc56)cccc34)c3ccccc23)CC1. The fourth-order valence-corrected chi connectivity index (χ4v) is 8.97. The van der Waals surface area contributed by atoms with Crippen LogP contribution < -0.4 is 5.32 Å². The molecule has 0 spiro atoms. The summed E-state index contributed by atoms with van der Waals surface area (Å²) in [7, 11) is 0. The second-order valence-electron chi connectivity index (χ2n) is 14.8. The van der Waals surface area contributed by atoms with Crippen LogP contribution in [0.4, 0.5) is 0 Å². The topological polar surface area (TPSA) is 68.0 Å². The number of aromatic nitrogens is 1. The number of allylic oxidation sites excluding steroid dienone is 1. The van der Waals surface area contributed by atoms with Crippen LogP contribution in [-0.2, 0) is 6.42 Å². The average Bonchev–Trinajstić information content (AvgIpc) is 3.97. The van der Waals surface area contributed by atoms with Gasteiger partial charge in [-0.3, -0.25) is 0 Å². The first-order chi connectivity index (χ1) is 28.3. The smallest absolute Gasteiger partial charge is 0.163 e. The molecule has 0 amide bonds. The van der Waals surface area contributed by atoms with Gasteiger partial charge in [-0.15, -0.1) is 0 Å². The Hall–Kier alpha value is -7.44. The molecule has 6 heteroatoms. The highest BCUT2D eigenvalue weighted by Crippen LogP contribution is 2.44. The largest absolute Gasteiger partial charge is 0.455 e. The van der Waals surface area contributed by atoms with Crippen LogP contribution in [0.5, 0.6) is 0 Å². The van der Waals surface area contributed by atoms with Crippen molar-refractivity contribution in [3.63, 3.8) is 0 Å². The molecule has 1 aliphatic carbocycles. The maximum atomic E-state index is 7.06. The van der Waals surface area contributed by atoms with E-state index in [2.05, 4.69) is 143 Å². The second-order valence-corrected chi connectivity index (χ2v) is 14.8. The average molecular weight is 735 g/mol. The molecule has 2 aliphatic rings. The van der Waals surface area contributed by atoms with Gasteiger partial charge in [0.2, 0.25) is 0 Å². The highest BCUT2D eigenvalue weighted by molar-refractivity contribution is 6.21. The molecule has 57 heavy (non-hydrogen) atoms. The van der Waals surface area contributed by atoms with Crippen molar-refractivity contribution in [2.75, 3.05) is 0 Å². The molecule has 10 aromatic rings. The predicted octanol–water partition coefficient (Wildman–Crippen LogP) is 12.6. The van der Waals surface area contributed by atoms with Gasteiger partial charge in [-0.05, 0) is 36.6 Å². The highest BCUT2D eigenvalue weighted by Gasteiger charge is 2.26. The molecule has 6 nitrogen and oxygen atoms in total. The molecule has 0 saturated carbocycles. The first-order valence-electron chi connectivity index (χ1n) is 19.5. The van der Waals surface area contributed by atoms with Gasteiger partial charge in [0.15, 0.2) is 11.4 Å². The van der Waals surface area contributed by atoms with Crippen LogP contribution in [0.2, 0.25) is 0 Å². The number of hydrogen-bond donors (Lipinski definition) is 1. The van der Waals surface area contributed by atoms with Crippen LogP contribution in [0, 0.1) is 0 Å². The van der Waals surface area contributed by atoms with Crippen molar-refractivity contribution >= 4 is 72.5 Å². The van der Waals surface area contributed by atoms with Crippen LogP contribution in [0.1, 0.15) is 40.5 Å².